The molecule has 0 radical (unpaired) electrons. The lowest BCUT2D eigenvalue weighted by Crippen LogP contribution is -2.49. The Labute approximate surface area is 247 Å². The van der Waals surface area contributed by atoms with Gasteiger partial charge >= 0.3 is 0 Å². The van der Waals surface area contributed by atoms with Crippen LogP contribution in [-0.2, 0) is 11.0 Å². The summed E-state index contributed by atoms with van der Waals surface area (Å²) >= 11 is 0. The van der Waals surface area contributed by atoms with Gasteiger partial charge in [-0.25, -0.2) is 9.97 Å². The van der Waals surface area contributed by atoms with E-state index in [1.807, 2.05) is 36.4 Å². The normalized spacial score (nSPS) is 15.6. The average molecular weight is 591 g/mol. The number of carbonyl (C=O) groups is 1. The van der Waals surface area contributed by atoms with Crippen LogP contribution in [0.2, 0.25) is 18.1 Å². The van der Waals surface area contributed by atoms with Crippen molar-refractivity contribution in [3.05, 3.63) is 94.1 Å². The Hall–Kier alpha value is -4.09. The fraction of sp³-hybridized carbons (Fsp3) is 0.387. The molecule has 0 aliphatic carbocycles. The number of hydrogen-bond acceptors (Lipinski definition) is 8. The lowest BCUT2D eigenvalue weighted by Gasteiger charge is -2.40. The van der Waals surface area contributed by atoms with Gasteiger partial charge < -0.3 is 18.8 Å². The molecule has 0 bridgehead atoms. The van der Waals surface area contributed by atoms with Crippen LogP contribution in [0.4, 0.5) is 5.69 Å². The second-order valence-corrected chi connectivity index (χ2v) is 16.6. The van der Waals surface area contributed by atoms with Crippen molar-refractivity contribution < 1.29 is 23.6 Å². The predicted octanol–water partition coefficient (Wildman–Crippen LogP) is 6.29. The molecule has 222 valence electrons. The number of amides is 1. The summed E-state index contributed by atoms with van der Waals surface area (Å²) in [5.74, 6) is -0.0472. The zero-order chi connectivity index (χ0) is 30.5. The van der Waals surface area contributed by atoms with E-state index in [-0.39, 0.29) is 47.0 Å². The minimum atomic E-state index is -2.15. The largest absolute Gasteiger partial charge is 0.493 e. The molecule has 4 rings (SSSR count). The van der Waals surface area contributed by atoms with Gasteiger partial charge in [-0.05, 0) is 35.7 Å². The van der Waals surface area contributed by atoms with Crippen LogP contribution in [0.3, 0.4) is 0 Å². The molecule has 1 atom stereocenters. The molecule has 1 aliphatic heterocycles. The van der Waals surface area contributed by atoms with Crippen molar-refractivity contribution in [2.45, 2.75) is 58.0 Å². The molecule has 1 aliphatic rings. The van der Waals surface area contributed by atoms with E-state index in [4.69, 9.17) is 13.9 Å². The van der Waals surface area contributed by atoms with Crippen molar-refractivity contribution in [3.8, 4) is 11.5 Å². The molecule has 10 nitrogen and oxygen atoms in total. The van der Waals surface area contributed by atoms with Crippen LogP contribution in [0.1, 0.15) is 48.7 Å². The van der Waals surface area contributed by atoms with E-state index in [0.29, 0.717) is 13.0 Å². The molecule has 0 saturated carbocycles. The molecule has 0 spiro atoms. The van der Waals surface area contributed by atoms with Gasteiger partial charge in [0.05, 0.1) is 30.7 Å². The monoisotopic (exact) mass is 590 g/mol. The molecule has 3 aromatic rings. The van der Waals surface area contributed by atoms with E-state index in [2.05, 4.69) is 43.8 Å². The zero-order valence-corrected chi connectivity index (χ0v) is 26.0. The summed E-state index contributed by atoms with van der Waals surface area (Å²) in [6.07, 6.45) is 7.40. The number of carbonyl (C=O) groups excluding carboxylic acids is 1. The van der Waals surface area contributed by atoms with Gasteiger partial charge in [0.15, 0.2) is 19.8 Å². The Morgan fingerprint density at radius 2 is 1.81 bits per heavy atom. The smallest absolute Gasteiger partial charge is 0.286 e. The second-order valence-electron chi connectivity index (χ2n) is 11.8. The van der Waals surface area contributed by atoms with E-state index < -0.39 is 19.1 Å². The van der Waals surface area contributed by atoms with E-state index in [0.717, 1.165) is 16.7 Å². The number of benzene rings is 2. The Morgan fingerprint density at radius 3 is 2.43 bits per heavy atom. The Morgan fingerprint density at radius 1 is 1.12 bits per heavy atom. The Bertz CT molecular complexity index is 1440. The highest BCUT2D eigenvalue weighted by Crippen LogP contribution is 2.39. The molecule has 0 fully saturated rings. The molecule has 0 unspecified atom stereocenters. The lowest BCUT2D eigenvalue weighted by atomic mass is 9.95. The van der Waals surface area contributed by atoms with Crippen LogP contribution in [0.25, 0.3) is 5.57 Å². The molecular weight excluding hydrogens is 552 g/mol. The van der Waals surface area contributed by atoms with Crippen molar-refractivity contribution in [2.75, 3.05) is 20.3 Å². The maximum absolute atomic E-state index is 14.1. The van der Waals surface area contributed by atoms with E-state index in [1.165, 1.54) is 25.6 Å². The first-order valence-electron chi connectivity index (χ1n) is 13.8. The van der Waals surface area contributed by atoms with Gasteiger partial charge in [-0.3, -0.25) is 14.9 Å². The highest BCUT2D eigenvalue weighted by molar-refractivity contribution is 6.74. The first kappa shape index (κ1) is 30.9. The van der Waals surface area contributed by atoms with Gasteiger partial charge in [-0.1, -0.05) is 57.2 Å². The second kappa shape index (κ2) is 12.8. The minimum absolute atomic E-state index is 0.0236. The van der Waals surface area contributed by atoms with Crippen LogP contribution in [-0.4, -0.2) is 60.3 Å². The molecule has 0 N–H and O–H groups in total. The van der Waals surface area contributed by atoms with Gasteiger partial charge in [0.2, 0.25) is 0 Å². The first-order chi connectivity index (χ1) is 19.9. The number of nitro groups is 1. The van der Waals surface area contributed by atoms with Crippen LogP contribution in [0, 0.1) is 10.1 Å². The summed E-state index contributed by atoms with van der Waals surface area (Å²) in [5, 5.41) is 12.2. The number of ether oxygens (including phenoxy) is 2. The lowest BCUT2D eigenvalue weighted by molar-refractivity contribution is -0.385. The standard InChI is InChI=1S/C31H38N4O6Si/c1-31(2,3)42(5,6)41-20-25-14-23(24-17-32-21-33-18-24)12-13-34(25)30(36)26-15-28(39-4)29(16-27(26)35(37)38)40-19-22-10-8-7-9-11-22/h7-12,15-18,21,25H,13-14,19-20H2,1-6H3/t25-/m0/s1. The molecule has 1 aromatic heterocycles. The molecular formula is C31H38N4O6Si. The predicted molar refractivity (Wildman–Crippen MR) is 163 cm³/mol. The third kappa shape index (κ3) is 7.03. The molecule has 2 heterocycles. The topological polar surface area (TPSA) is 117 Å². The van der Waals surface area contributed by atoms with Crippen LogP contribution < -0.4 is 9.47 Å². The quantitative estimate of drug-likeness (QED) is 0.154. The number of aromatic nitrogens is 2. The fourth-order valence-electron chi connectivity index (χ4n) is 4.46. The van der Waals surface area contributed by atoms with Crippen molar-refractivity contribution in [2.24, 2.45) is 0 Å². The average Bonchev–Trinajstić information content (AvgIpc) is 2.98. The summed E-state index contributed by atoms with van der Waals surface area (Å²) in [6, 6.07) is 11.8. The molecule has 1 amide bonds. The van der Waals surface area contributed by atoms with Gasteiger partial charge in [0.1, 0.15) is 18.5 Å². The van der Waals surface area contributed by atoms with E-state index in [1.54, 1.807) is 17.3 Å². The van der Waals surface area contributed by atoms with Gasteiger partial charge in [-0.15, -0.1) is 0 Å². The number of nitro benzene ring substituents is 1. The molecule has 2 aromatic carbocycles. The minimum Gasteiger partial charge on any atom is -0.493 e. The summed E-state index contributed by atoms with van der Waals surface area (Å²) in [6.45, 7) is 11.5. The van der Waals surface area contributed by atoms with Crippen LogP contribution >= 0.6 is 0 Å². The van der Waals surface area contributed by atoms with Gasteiger partial charge in [-0.2, -0.15) is 0 Å². The van der Waals surface area contributed by atoms with Crippen molar-refractivity contribution in [1.29, 1.82) is 0 Å². The molecule has 0 saturated heterocycles. The van der Waals surface area contributed by atoms with Crippen LogP contribution in [0.5, 0.6) is 11.5 Å². The SMILES string of the molecule is COc1cc(C(=O)N2CC=C(c3cncnc3)C[C@H]2CO[Si](C)(C)C(C)(C)C)c([N+](=O)[O-])cc1OCc1ccccc1. The zero-order valence-electron chi connectivity index (χ0n) is 25.0. The number of nitrogens with zero attached hydrogens (tertiary/aromatic N) is 4. The van der Waals surface area contributed by atoms with E-state index in [9.17, 15) is 14.9 Å². The number of methoxy groups -OCH3 is 1. The summed E-state index contributed by atoms with van der Waals surface area (Å²) in [7, 11) is -0.706. The number of hydrogen-bond donors (Lipinski definition) is 0. The van der Waals surface area contributed by atoms with Crippen LogP contribution in [0.15, 0.2) is 67.3 Å². The Kier molecular flexibility index (Phi) is 9.42. The number of rotatable bonds is 10. The third-order valence-corrected chi connectivity index (χ3v) is 12.5. The maximum atomic E-state index is 14.1. The van der Waals surface area contributed by atoms with Crippen molar-refractivity contribution in [1.82, 2.24) is 14.9 Å². The maximum Gasteiger partial charge on any atom is 0.286 e. The summed E-state index contributed by atoms with van der Waals surface area (Å²) in [5.41, 5.74) is 2.35. The fourth-order valence-corrected chi connectivity index (χ4v) is 5.50. The van der Waals surface area contributed by atoms with Crippen molar-refractivity contribution in [3.63, 3.8) is 0 Å². The van der Waals surface area contributed by atoms with Crippen molar-refractivity contribution >= 4 is 25.5 Å². The first-order valence-corrected chi connectivity index (χ1v) is 16.7. The molecule has 11 heteroatoms. The highest BCUT2D eigenvalue weighted by Gasteiger charge is 2.40. The van der Waals surface area contributed by atoms with E-state index >= 15 is 0 Å². The van der Waals surface area contributed by atoms with Gasteiger partial charge in [0.25, 0.3) is 11.6 Å². The molecule has 42 heavy (non-hydrogen) atoms. The van der Waals surface area contributed by atoms with Gasteiger partial charge in [0, 0.05) is 30.6 Å². The third-order valence-electron chi connectivity index (χ3n) is 8.01. The summed E-state index contributed by atoms with van der Waals surface area (Å²) < 4.78 is 18.0. The summed E-state index contributed by atoms with van der Waals surface area (Å²) in [4.78, 5) is 35.7. The highest BCUT2D eigenvalue weighted by atomic mass is 28.4. The Balaban J connectivity index is 1.67.